The van der Waals surface area contributed by atoms with Crippen LogP contribution in [0.15, 0.2) is 115 Å². The summed E-state index contributed by atoms with van der Waals surface area (Å²) in [6.07, 6.45) is -0.0601. The molecule has 1 amide bonds. The average Bonchev–Trinajstić information content (AvgIpc) is 3.31. The van der Waals surface area contributed by atoms with Gasteiger partial charge in [0.05, 0.1) is 0 Å². The predicted octanol–water partition coefficient (Wildman–Crippen LogP) is 3.10. The zero-order valence-electron chi connectivity index (χ0n) is 22.9. The summed E-state index contributed by atoms with van der Waals surface area (Å²) in [6, 6.07) is 38.5. The summed E-state index contributed by atoms with van der Waals surface area (Å²) in [5.74, 6) is 0.419. The van der Waals surface area contributed by atoms with Gasteiger partial charge in [0.1, 0.15) is 34.5 Å². The van der Waals surface area contributed by atoms with E-state index in [4.69, 9.17) is 9.47 Å². The molecule has 1 heterocycles. The van der Waals surface area contributed by atoms with Crippen molar-refractivity contribution in [2.45, 2.75) is 38.5 Å². The first kappa shape index (κ1) is 29.5. The molecular formula is C33H33BrNO4P. The van der Waals surface area contributed by atoms with Crippen molar-refractivity contribution in [1.29, 1.82) is 0 Å². The summed E-state index contributed by atoms with van der Waals surface area (Å²) < 4.78 is 10.7. The van der Waals surface area contributed by atoms with Crippen LogP contribution >= 0.6 is 7.26 Å². The van der Waals surface area contributed by atoms with Crippen LogP contribution in [-0.2, 0) is 9.53 Å². The third kappa shape index (κ3) is 5.99. The smallest absolute Gasteiger partial charge is 0.514 e. The molecule has 0 saturated carbocycles. The first-order chi connectivity index (χ1) is 18.8. The minimum absolute atomic E-state index is 0. The Balaban J connectivity index is 0.00000370. The van der Waals surface area contributed by atoms with Crippen LogP contribution in [0.1, 0.15) is 27.2 Å². The zero-order valence-corrected chi connectivity index (χ0v) is 25.3. The van der Waals surface area contributed by atoms with E-state index in [9.17, 15) is 9.59 Å². The third-order valence-corrected chi connectivity index (χ3v) is 11.6. The van der Waals surface area contributed by atoms with Crippen LogP contribution in [0.25, 0.3) is 0 Å². The summed E-state index contributed by atoms with van der Waals surface area (Å²) >= 11 is 0. The van der Waals surface area contributed by atoms with E-state index in [1.165, 1.54) is 15.9 Å². The maximum Gasteiger partial charge on any atom is 0.514 e. The number of hydrogen-bond acceptors (Lipinski definition) is 4. The van der Waals surface area contributed by atoms with Crippen LogP contribution in [0.4, 0.5) is 10.5 Å². The van der Waals surface area contributed by atoms with E-state index < -0.39 is 19.0 Å². The number of hydrogen-bond donors (Lipinski definition) is 0. The van der Waals surface area contributed by atoms with Crippen molar-refractivity contribution in [3.05, 3.63) is 115 Å². The van der Waals surface area contributed by atoms with Crippen molar-refractivity contribution in [3.8, 4) is 5.75 Å². The number of benzene rings is 4. The Morgan fingerprint density at radius 1 is 0.775 bits per heavy atom. The molecule has 4 aromatic rings. The first-order valence-electron chi connectivity index (χ1n) is 13.2. The van der Waals surface area contributed by atoms with Gasteiger partial charge in [0.2, 0.25) is 0 Å². The van der Waals surface area contributed by atoms with Gasteiger partial charge in [-0.3, -0.25) is 4.79 Å². The lowest BCUT2D eigenvalue weighted by molar-refractivity contribution is -0.116. The van der Waals surface area contributed by atoms with Crippen molar-refractivity contribution in [2.75, 3.05) is 11.4 Å². The maximum atomic E-state index is 14.4. The van der Waals surface area contributed by atoms with Crippen LogP contribution < -0.4 is 42.5 Å². The highest BCUT2D eigenvalue weighted by atomic mass is 79.9. The van der Waals surface area contributed by atoms with Crippen LogP contribution in [0.5, 0.6) is 5.75 Å². The summed E-state index contributed by atoms with van der Waals surface area (Å²) in [4.78, 5) is 28.5. The molecule has 1 unspecified atom stereocenters. The number of anilines is 1. The van der Waals surface area contributed by atoms with Gasteiger partial charge in [-0.1, -0.05) is 60.7 Å². The van der Waals surface area contributed by atoms with Gasteiger partial charge < -0.3 is 31.4 Å². The molecule has 0 aliphatic carbocycles. The number of amides is 1. The van der Waals surface area contributed by atoms with Gasteiger partial charge in [0.25, 0.3) is 5.91 Å². The second-order valence-electron chi connectivity index (χ2n) is 10.6. The SMILES string of the molecule is CC(C)(C)OC(=O)Oc1cccc(N2CCC([P+](c3ccccc3)(c3ccccc3)c3ccccc3)C2=O)c1.[Br-]. The van der Waals surface area contributed by atoms with E-state index in [-0.39, 0.29) is 28.5 Å². The van der Waals surface area contributed by atoms with E-state index >= 15 is 0 Å². The fraction of sp³-hybridized carbons (Fsp3) is 0.212. The molecule has 206 valence electrons. The molecule has 0 bridgehead atoms. The van der Waals surface area contributed by atoms with Crippen molar-refractivity contribution in [2.24, 2.45) is 0 Å². The average molecular weight is 619 g/mol. The quantitative estimate of drug-likeness (QED) is 0.190. The third-order valence-electron chi connectivity index (χ3n) is 6.86. The molecule has 5 rings (SSSR count). The normalized spacial score (nSPS) is 15.3. The molecule has 0 aromatic heterocycles. The van der Waals surface area contributed by atoms with Crippen LogP contribution in [0.3, 0.4) is 0 Å². The molecule has 1 saturated heterocycles. The molecule has 1 atom stereocenters. The van der Waals surface area contributed by atoms with Crippen molar-refractivity contribution < 1.29 is 36.0 Å². The van der Waals surface area contributed by atoms with Gasteiger partial charge in [-0.15, -0.1) is 0 Å². The topological polar surface area (TPSA) is 55.8 Å². The first-order valence-corrected chi connectivity index (χ1v) is 15.0. The molecule has 40 heavy (non-hydrogen) atoms. The lowest BCUT2D eigenvalue weighted by Gasteiger charge is -2.32. The summed E-state index contributed by atoms with van der Waals surface area (Å²) in [5, 5.41) is 3.55. The Labute approximate surface area is 247 Å². The monoisotopic (exact) mass is 617 g/mol. The molecule has 1 aliphatic rings. The van der Waals surface area contributed by atoms with E-state index in [2.05, 4.69) is 72.8 Å². The van der Waals surface area contributed by atoms with Gasteiger partial charge in [-0.25, -0.2) is 4.79 Å². The highest BCUT2D eigenvalue weighted by Gasteiger charge is 2.58. The lowest BCUT2D eigenvalue weighted by atomic mass is 10.2. The summed E-state index contributed by atoms with van der Waals surface area (Å²) in [6.45, 7) is 5.94. The highest BCUT2D eigenvalue weighted by Crippen LogP contribution is 2.62. The Bertz CT molecular complexity index is 1350. The second-order valence-corrected chi connectivity index (χ2v) is 14.2. The fourth-order valence-corrected chi connectivity index (χ4v) is 10.2. The van der Waals surface area contributed by atoms with Crippen LogP contribution in [0, 0.1) is 0 Å². The molecule has 0 N–H and O–H groups in total. The number of carbonyl (C=O) groups is 2. The molecule has 1 aliphatic heterocycles. The van der Waals surface area contributed by atoms with Gasteiger partial charge in [-0.2, -0.15) is 0 Å². The van der Waals surface area contributed by atoms with Gasteiger partial charge in [0, 0.05) is 24.7 Å². The largest absolute Gasteiger partial charge is 1.00 e. The Kier molecular flexibility index (Phi) is 9.12. The predicted molar refractivity (Wildman–Crippen MR) is 159 cm³/mol. The minimum atomic E-state index is -2.37. The van der Waals surface area contributed by atoms with Crippen molar-refractivity contribution in [3.63, 3.8) is 0 Å². The fourth-order valence-electron chi connectivity index (χ4n) is 5.34. The van der Waals surface area contributed by atoms with Gasteiger partial charge >= 0.3 is 6.16 Å². The molecule has 4 aromatic carbocycles. The van der Waals surface area contributed by atoms with Crippen LogP contribution in [0.2, 0.25) is 0 Å². The van der Waals surface area contributed by atoms with E-state index in [0.29, 0.717) is 24.4 Å². The minimum Gasteiger partial charge on any atom is -1.00 e. The number of halogens is 1. The van der Waals surface area contributed by atoms with E-state index in [0.717, 1.165) is 0 Å². The number of nitrogens with zero attached hydrogens (tertiary/aromatic N) is 1. The second kappa shape index (κ2) is 12.4. The Hall–Kier alpha value is -3.47. The van der Waals surface area contributed by atoms with Gasteiger partial charge in [0.15, 0.2) is 5.66 Å². The van der Waals surface area contributed by atoms with Crippen molar-refractivity contribution >= 4 is 40.9 Å². The standard InChI is InChI=1S/C33H33NO4P.BrH/c1-33(2,3)38-32(36)37-26-15-13-14-25(24-26)34-23-22-30(31(34)35)39(27-16-7-4-8-17-27,28-18-9-5-10-19-28)29-20-11-6-12-21-29;/h4-21,24,30H,22-23H2,1-3H3;1H/q+1;/p-1. The molecule has 1 fully saturated rings. The van der Waals surface area contributed by atoms with Crippen molar-refractivity contribution in [1.82, 2.24) is 0 Å². The maximum absolute atomic E-state index is 14.4. The number of ether oxygens (including phenoxy) is 2. The van der Waals surface area contributed by atoms with Gasteiger partial charge in [-0.05, 0) is 69.3 Å². The summed E-state index contributed by atoms with van der Waals surface area (Å²) in [7, 11) is -2.37. The molecule has 0 radical (unpaired) electrons. The summed E-state index contributed by atoms with van der Waals surface area (Å²) in [5.41, 5.74) is -0.192. The highest BCUT2D eigenvalue weighted by molar-refractivity contribution is 7.97. The molecule has 5 nitrogen and oxygen atoms in total. The molecule has 7 heteroatoms. The van der Waals surface area contributed by atoms with E-state index in [1.807, 2.05) is 29.2 Å². The lowest BCUT2D eigenvalue weighted by Crippen LogP contribution is -3.00. The Morgan fingerprint density at radius 3 is 1.75 bits per heavy atom. The zero-order chi connectivity index (χ0) is 27.5. The van der Waals surface area contributed by atoms with Crippen LogP contribution in [-0.4, -0.2) is 29.9 Å². The molecular weight excluding hydrogens is 585 g/mol. The number of carbonyl (C=O) groups excluding carboxylic acids is 2. The molecule has 0 spiro atoms. The number of rotatable bonds is 6. The Morgan fingerprint density at radius 2 is 1.27 bits per heavy atom. The van der Waals surface area contributed by atoms with E-state index in [1.54, 1.807) is 39.0 Å².